The molecule has 0 spiro atoms. The summed E-state index contributed by atoms with van der Waals surface area (Å²) in [5.41, 5.74) is 4.68. The molecule has 3 aromatic rings. The van der Waals surface area contributed by atoms with Gasteiger partial charge in [-0.25, -0.2) is 13.4 Å². The fourth-order valence-electron chi connectivity index (χ4n) is 3.75. The highest BCUT2D eigenvalue weighted by Crippen LogP contribution is 2.29. The molecule has 9 heteroatoms. The molecule has 0 atom stereocenters. The molecule has 36 heavy (non-hydrogen) atoms. The van der Waals surface area contributed by atoms with Crippen molar-refractivity contribution in [3.8, 4) is 22.5 Å². The molecular weight excluding hydrogens is 476 g/mol. The van der Waals surface area contributed by atoms with Crippen LogP contribution in [0.2, 0.25) is 0 Å². The van der Waals surface area contributed by atoms with Gasteiger partial charge in [0.05, 0.1) is 29.5 Å². The lowest BCUT2D eigenvalue weighted by Crippen LogP contribution is -2.33. The third-order valence-electron chi connectivity index (χ3n) is 5.53. The zero-order valence-electron chi connectivity index (χ0n) is 21.1. The number of aromatic nitrogens is 2. The van der Waals surface area contributed by atoms with Gasteiger partial charge in [-0.2, -0.15) is 0 Å². The number of carbonyl (C=O) groups is 1. The fraction of sp³-hybridized carbons (Fsp3) is 0.370. The largest absolute Gasteiger partial charge is 0.372 e. The first kappa shape index (κ1) is 27.4. The van der Waals surface area contributed by atoms with Crippen LogP contribution in [0.15, 0.2) is 66.9 Å². The molecule has 2 aromatic carbocycles. The van der Waals surface area contributed by atoms with E-state index in [0.29, 0.717) is 19.2 Å². The van der Waals surface area contributed by atoms with E-state index in [0.717, 1.165) is 53.9 Å². The lowest BCUT2D eigenvalue weighted by Gasteiger charge is -2.26. The normalized spacial score (nSPS) is 11.7. The number of ether oxygens (including phenoxy) is 1. The molecular formula is C27H34N4O4S. The van der Waals surface area contributed by atoms with E-state index in [4.69, 9.17) is 14.7 Å². The number of hydrogen-bond donors (Lipinski definition) is 1. The van der Waals surface area contributed by atoms with E-state index in [1.807, 2.05) is 59.4 Å². The van der Waals surface area contributed by atoms with E-state index < -0.39 is 15.9 Å². The van der Waals surface area contributed by atoms with Crippen molar-refractivity contribution in [2.75, 3.05) is 26.0 Å². The van der Waals surface area contributed by atoms with Crippen LogP contribution in [0.5, 0.6) is 0 Å². The molecule has 0 aliphatic rings. The van der Waals surface area contributed by atoms with Crippen LogP contribution in [0.4, 0.5) is 0 Å². The molecule has 3 rings (SSSR count). The van der Waals surface area contributed by atoms with E-state index in [9.17, 15) is 13.2 Å². The second-order valence-electron chi connectivity index (χ2n) is 8.91. The Morgan fingerprint density at radius 3 is 2.17 bits per heavy atom. The smallest absolute Gasteiger partial charge is 0.259 e. The third-order valence-corrected chi connectivity index (χ3v) is 6.13. The maximum Gasteiger partial charge on any atom is 0.259 e. The molecule has 1 aromatic heterocycles. The van der Waals surface area contributed by atoms with E-state index in [-0.39, 0.29) is 6.61 Å². The van der Waals surface area contributed by atoms with Gasteiger partial charge in [-0.05, 0) is 33.2 Å². The van der Waals surface area contributed by atoms with E-state index >= 15 is 0 Å². The summed E-state index contributed by atoms with van der Waals surface area (Å²) in [5.74, 6) is -0.659. The summed E-state index contributed by atoms with van der Waals surface area (Å²) in [6.07, 6.45) is 4.41. The van der Waals surface area contributed by atoms with E-state index in [2.05, 4.69) is 30.9 Å². The SMILES string of the molecule is CC(C)N(CCCCOCC(=O)NS(C)(=O)=O)Cc1cnc(-c2ccccc2)c(-c2ccccc2)n1. The molecule has 0 unspecified atom stereocenters. The minimum atomic E-state index is -3.56. The summed E-state index contributed by atoms with van der Waals surface area (Å²) < 4.78 is 29.3. The van der Waals surface area contributed by atoms with Crippen molar-refractivity contribution in [1.82, 2.24) is 19.6 Å². The summed E-state index contributed by atoms with van der Waals surface area (Å²) in [6, 6.07) is 20.5. The number of nitrogens with zero attached hydrogens (tertiary/aromatic N) is 3. The number of unbranched alkanes of at least 4 members (excludes halogenated alkanes) is 1. The first-order chi connectivity index (χ1) is 17.2. The maximum atomic E-state index is 11.5. The van der Waals surface area contributed by atoms with Gasteiger partial charge >= 0.3 is 0 Å². The lowest BCUT2D eigenvalue weighted by molar-refractivity contribution is -0.123. The minimum Gasteiger partial charge on any atom is -0.372 e. The Balaban J connectivity index is 1.62. The Kier molecular flexibility index (Phi) is 10.1. The number of carbonyl (C=O) groups excluding carboxylic acids is 1. The molecule has 1 amide bonds. The van der Waals surface area contributed by atoms with Gasteiger partial charge < -0.3 is 4.74 Å². The van der Waals surface area contributed by atoms with Gasteiger partial charge in [-0.3, -0.25) is 19.4 Å². The number of rotatable bonds is 13. The first-order valence-corrected chi connectivity index (χ1v) is 13.9. The topological polar surface area (TPSA) is 101 Å². The average Bonchev–Trinajstić information content (AvgIpc) is 2.85. The van der Waals surface area contributed by atoms with Crippen LogP contribution in [-0.2, 0) is 26.1 Å². The highest BCUT2D eigenvalue weighted by molar-refractivity contribution is 7.89. The Morgan fingerprint density at radius 1 is 0.972 bits per heavy atom. The summed E-state index contributed by atoms with van der Waals surface area (Å²) in [7, 11) is -3.56. The van der Waals surface area contributed by atoms with Gasteiger partial charge in [-0.15, -0.1) is 0 Å². The molecule has 1 heterocycles. The van der Waals surface area contributed by atoms with Crippen molar-refractivity contribution in [2.24, 2.45) is 0 Å². The van der Waals surface area contributed by atoms with E-state index in [1.165, 1.54) is 0 Å². The first-order valence-electron chi connectivity index (χ1n) is 12.0. The van der Waals surface area contributed by atoms with Crippen molar-refractivity contribution < 1.29 is 17.9 Å². The van der Waals surface area contributed by atoms with Crippen molar-refractivity contribution in [1.29, 1.82) is 0 Å². The highest BCUT2D eigenvalue weighted by atomic mass is 32.2. The van der Waals surface area contributed by atoms with Gasteiger partial charge in [0.25, 0.3) is 5.91 Å². The van der Waals surface area contributed by atoms with Gasteiger partial charge in [-0.1, -0.05) is 60.7 Å². The number of amides is 1. The Labute approximate surface area is 213 Å². The number of nitrogens with one attached hydrogen (secondary N) is 1. The third kappa shape index (κ3) is 8.82. The van der Waals surface area contributed by atoms with Gasteiger partial charge in [0, 0.05) is 30.3 Å². The molecule has 0 bridgehead atoms. The van der Waals surface area contributed by atoms with Crippen LogP contribution >= 0.6 is 0 Å². The Morgan fingerprint density at radius 2 is 1.58 bits per heavy atom. The number of hydrogen-bond acceptors (Lipinski definition) is 7. The summed E-state index contributed by atoms with van der Waals surface area (Å²) in [4.78, 5) is 23.7. The standard InChI is InChI=1S/C27H34N4O4S/c1-21(2)31(16-10-11-17-35-20-25(32)30-36(3,33)34)19-24-18-28-26(22-12-6-4-7-13-22)27(29-24)23-14-8-5-9-15-23/h4-9,12-15,18,21H,10-11,16-17,19-20H2,1-3H3,(H,30,32). The van der Waals surface area contributed by atoms with Gasteiger partial charge in [0.2, 0.25) is 10.0 Å². The van der Waals surface area contributed by atoms with Gasteiger partial charge in [0.1, 0.15) is 6.61 Å². The monoisotopic (exact) mass is 510 g/mol. The van der Waals surface area contributed by atoms with Crippen LogP contribution < -0.4 is 4.72 Å². The van der Waals surface area contributed by atoms with Crippen LogP contribution in [-0.4, -0.2) is 61.2 Å². The molecule has 192 valence electrons. The molecule has 0 aliphatic carbocycles. The molecule has 1 N–H and O–H groups in total. The Bertz CT molecular complexity index is 1220. The second kappa shape index (κ2) is 13.2. The predicted octanol–water partition coefficient (Wildman–Crippen LogP) is 3.89. The predicted molar refractivity (Wildman–Crippen MR) is 141 cm³/mol. The summed E-state index contributed by atoms with van der Waals surface area (Å²) in [5, 5.41) is 0. The maximum absolute atomic E-state index is 11.5. The van der Waals surface area contributed by atoms with Crippen LogP contribution in [0.1, 0.15) is 32.4 Å². The molecule has 0 fully saturated rings. The quantitative estimate of drug-likeness (QED) is 0.348. The highest BCUT2D eigenvalue weighted by Gasteiger charge is 2.16. The Hall–Kier alpha value is -3.14. The second-order valence-corrected chi connectivity index (χ2v) is 10.7. The lowest BCUT2D eigenvalue weighted by atomic mass is 10.0. The average molecular weight is 511 g/mol. The van der Waals surface area contributed by atoms with Crippen LogP contribution in [0.3, 0.4) is 0 Å². The van der Waals surface area contributed by atoms with E-state index in [1.54, 1.807) is 0 Å². The zero-order chi connectivity index (χ0) is 26.0. The minimum absolute atomic E-state index is 0.271. The van der Waals surface area contributed by atoms with Gasteiger partial charge in [0.15, 0.2) is 0 Å². The fourth-order valence-corrected chi connectivity index (χ4v) is 4.23. The molecule has 0 saturated heterocycles. The van der Waals surface area contributed by atoms with Crippen molar-refractivity contribution in [2.45, 2.75) is 39.3 Å². The van der Waals surface area contributed by atoms with Crippen molar-refractivity contribution in [3.63, 3.8) is 0 Å². The number of benzene rings is 2. The summed E-state index contributed by atoms with van der Waals surface area (Å²) in [6.45, 7) is 5.90. The molecule has 0 saturated carbocycles. The molecule has 8 nitrogen and oxygen atoms in total. The van der Waals surface area contributed by atoms with Crippen LogP contribution in [0, 0.1) is 0 Å². The zero-order valence-corrected chi connectivity index (χ0v) is 21.9. The van der Waals surface area contributed by atoms with Crippen molar-refractivity contribution >= 4 is 15.9 Å². The molecule has 0 aliphatic heterocycles. The van der Waals surface area contributed by atoms with Crippen molar-refractivity contribution in [3.05, 3.63) is 72.6 Å². The van der Waals surface area contributed by atoms with Crippen LogP contribution in [0.25, 0.3) is 22.5 Å². The molecule has 0 radical (unpaired) electrons. The number of sulfonamides is 1. The summed E-state index contributed by atoms with van der Waals surface area (Å²) >= 11 is 0.